The van der Waals surface area contributed by atoms with Crippen LogP contribution >= 0.6 is 0 Å². The summed E-state index contributed by atoms with van der Waals surface area (Å²) in [5.41, 5.74) is 1.78. The Kier molecular flexibility index (Phi) is 5.59. The Labute approximate surface area is 155 Å². The summed E-state index contributed by atoms with van der Waals surface area (Å²) in [6.07, 6.45) is 0. The van der Waals surface area contributed by atoms with Crippen molar-refractivity contribution in [3.63, 3.8) is 0 Å². The van der Waals surface area contributed by atoms with Crippen molar-refractivity contribution in [3.05, 3.63) is 53.7 Å². The summed E-state index contributed by atoms with van der Waals surface area (Å²) in [7, 11) is 3.19. The maximum Gasteiger partial charge on any atom is 0.387 e. The zero-order valence-corrected chi connectivity index (χ0v) is 15.3. The molecule has 0 atom stereocenters. The maximum atomic E-state index is 12.2. The quantitative estimate of drug-likeness (QED) is 0.645. The van der Waals surface area contributed by atoms with Crippen LogP contribution in [0.3, 0.4) is 0 Å². The molecule has 1 aromatic heterocycles. The lowest BCUT2D eigenvalue weighted by atomic mass is 10.1. The fraction of sp³-hybridized carbons (Fsp3) is 0.250. The number of halogens is 2. The van der Waals surface area contributed by atoms with Crippen LogP contribution in [0, 0.1) is 6.92 Å². The van der Waals surface area contributed by atoms with Gasteiger partial charge in [-0.25, -0.2) is 4.98 Å². The fourth-order valence-electron chi connectivity index (χ4n) is 2.82. The molecule has 5 nitrogen and oxygen atoms in total. The second kappa shape index (κ2) is 8.07. The van der Waals surface area contributed by atoms with Gasteiger partial charge in [-0.05, 0) is 48.2 Å². The Balaban J connectivity index is 1.78. The van der Waals surface area contributed by atoms with E-state index in [2.05, 4.69) is 15.0 Å². The molecule has 27 heavy (non-hydrogen) atoms. The molecular formula is C20H20F2N2O3. The van der Waals surface area contributed by atoms with Crippen molar-refractivity contribution in [2.24, 2.45) is 0 Å². The smallest absolute Gasteiger partial charge is 0.387 e. The Hall–Kier alpha value is -3.09. The molecule has 142 valence electrons. The molecule has 0 aliphatic heterocycles. The number of aromatic nitrogens is 1. The number of fused-ring (bicyclic) bond motifs is 1. The number of aryl methyl sites for hydroxylation is 1. The molecule has 2 aromatic carbocycles. The van der Waals surface area contributed by atoms with E-state index in [1.807, 2.05) is 25.1 Å². The van der Waals surface area contributed by atoms with E-state index in [1.165, 1.54) is 12.1 Å². The van der Waals surface area contributed by atoms with Gasteiger partial charge in [-0.3, -0.25) is 0 Å². The van der Waals surface area contributed by atoms with Crippen LogP contribution in [0.15, 0.2) is 42.5 Å². The minimum Gasteiger partial charge on any atom is -0.493 e. The number of alkyl halides is 2. The van der Waals surface area contributed by atoms with Crippen molar-refractivity contribution >= 4 is 16.6 Å². The third-order valence-electron chi connectivity index (χ3n) is 4.15. The van der Waals surface area contributed by atoms with Gasteiger partial charge in [-0.1, -0.05) is 12.1 Å². The highest BCUT2D eigenvalue weighted by molar-refractivity contribution is 5.89. The van der Waals surface area contributed by atoms with Crippen LogP contribution in [0.1, 0.15) is 11.3 Å². The number of ether oxygens (including phenoxy) is 3. The first kappa shape index (κ1) is 18.7. The molecular weight excluding hydrogens is 354 g/mol. The van der Waals surface area contributed by atoms with Crippen molar-refractivity contribution in [3.8, 4) is 17.2 Å². The first-order valence-electron chi connectivity index (χ1n) is 8.31. The molecule has 0 unspecified atom stereocenters. The second-order valence-corrected chi connectivity index (χ2v) is 5.90. The standard InChI is InChI=1S/C20H20F2N2O3/c1-12-16-10-18(26-3)17(25-2)8-14(16)9-19(24-12)23-11-13-4-6-15(7-5-13)27-20(21)22/h4-10,20H,11H2,1-3H3,(H,23,24). The minimum absolute atomic E-state index is 0.134. The second-order valence-electron chi connectivity index (χ2n) is 5.90. The Morgan fingerprint density at radius 2 is 1.67 bits per heavy atom. The van der Waals surface area contributed by atoms with Crippen molar-refractivity contribution in [2.45, 2.75) is 20.1 Å². The third kappa shape index (κ3) is 4.36. The molecule has 0 aliphatic rings. The van der Waals surface area contributed by atoms with E-state index in [-0.39, 0.29) is 5.75 Å². The lowest BCUT2D eigenvalue weighted by Gasteiger charge is -2.13. The molecule has 0 saturated carbocycles. The molecule has 0 radical (unpaired) electrons. The molecule has 0 aliphatic carbocycles. The van der Waals surface area contributed by atoms with Gasteiger partial charge < -0.3 is 19.5 Å². The average molecular weight is 374 g/mol. The van der Waals surface area contributed by atoms with Gasteiger partial charge in [0.25, 0.3) is 0 Å². The number of benzene rings is 2. The van der Waals surface area contributed by atoms with Gasteiger partial charge >= 0.3 is 6.61 Å². The Bertz CT molecular complexity index is 931. The van der Waals surface area contributed by atoms with Gasteiger partial charge in [-0.15, -0.1) is 0 Å². The van der Waals surface area contributed by atoms with Crippen LogP contribution in [0.4, 0.5) is 14.6 Å². The van der Waals surface area contributed by atoms with Gasteiger partial charge in [0.2, 0.25) is 0 Å². The van der Waals surface area contributed by atoms with E-state index in [1.54, 1.807) is 26.4 Å². The highest BCUT2D eigenvalue weighted by Crippen LogP contribution is 2.34. The van der Waals surface area contributed by atoms with E-state index in [9.17, 15) is 8.78 Å². The number of hydrogen-bond donors (Lipinski definition) is 1. The minimum atomic E-state index is -2.82. The van der Waals surface area contributed by atoms with Crippen molar-refractivity contribution in [1.29, 1.82) is 0 Å². The number of anilines is 1. The molecule has 0 amide bonds. The summed E-state index contributed by atoms with van der Waals surface area (Å²) in [6.45, 7) is -0.398. The number of pyridine rings is 1. The summed E-state index contributed by atoms with van der Waals surface area (Å²) in [6, 6.07) is 12.2. The summed E-state index contributed by atoms with van der Waals surface area (Å²) in [5.74, 6) is 2.15. The van der Waals surface area contributed by atoms with Crippen LogP contribution in [0.25, 0.3) is 10.8 Å². The highest BCUT2D eigenvalue weighted by atomic mass is 19.3. The van der Waals surface area contributed by atoms with Gasteiger partial charge in [-0.2, -0.15) is 8.78 Å². The van der Waals surface area contributed by atoms with Crippen LogP contribution in [0.5, 0.6) is 17.2 Å². The largest absolute Gasteiger partial charge is 0.493 e. The number of nitrogens with zero attached hydrogens (tertiary/aromatic N) is 1. The Morgan fingerprint density at radius 3 is 2.30 bits per heavy atom. The van der Waals surface area contributed by atoms with Crippen molar-refractivity contribution < 1.29 is 23.0 Å². The SMILES string of the molecule is COc1cc2cc(NCc3ccc(OC(F)F)cc3)nc(C)c2cc1OC. The van der Waals surface area contributed by atoms with Crippen molar-refractivity contribution in [2.75, 3.05) is 19.5 Å². The zero-order chi connectivity index (χ0) is 19.4. The average Bonchev–Trinajstić information content (AvgIpc) is 2.66. The van der Waals surface area contributed by atoms with Crippen LogP contribution in [-0.4, -0.2) is 25.8 Å². The van der Waals surface area contributed by atoms with Gasteiger partial charge in [0.05, 0.1) is 14.2 Å². The zero-order valence-electron chi connectivity index (χ0n) is 15.3. The summed E-state index contributed by atoms with van der Waals surface area (Å²) in [4.78, 5) is 4.57. The van der Waals surface area contributed by atoms with Crippen LogP contribution < -0.4 is 19.5 Å². The predicted octanol–water partition coefficient (Wildman–Crippen LogP) is 4.77. The first-order valence-corrected chi connectivity index (χ1v) is 8.31. The van der Waals surface area contributed by atoms with E-state index in [0.29, 0.717) is 23.9 Å². The lowest BCUT2D eigenvalue weighted by Crippen LogP contribution is -2.04. The summed E-state index contributed by atoms with van der Waals surface area (Å²) < 4.78 is 39.4. The van der Waals surface area contributed by atoms with Crippen molar-refractivity contribution in [1.82, 2.24) is 4.98 Å². The van der Waals surface area contributed by atoms with Crippen LogP contribution in [-0.2, 0) is 6.54 Å². The van der Waals surface area contributed by atoms with E-state index >= 15 is 0 Å². The Morgan fingerprint density at radius 1 is 1.00 bits per heavy atom. The van der Waals surface area contributed by atoms with Gasteiger partial charge in [0.15, 0.2) is 11.5 Å². The van der Waals surface area contributed by atoms with Gasteiger partial charge in [0, 0.05) is 17.6 Å². The predicted molar refractivity (Wildman–Crippen MR) is 100.0 cm³/mol. The summed E-state index contributed by atoms with van der Waals surface area (Å²) >= 11 is 0. The fourth-order valence-corrected chi connectivity index (χ4v) is 2.82. The van der Waals surface area contributed by atoms with E-state index in [4.69, 9.17) is 9.47 Å². The van der Waals surface area contributed by atoms with E-state index < -0.39 is 6.61 Å². The molecule has 1 heterocycles. The number of hydrogen-bond acceptors (Lipinski definition) is 5. The third-order valence-corrected chi connectivity index (χ3v) is 4.15. The van der Waals surface area contributed by atoms with Crippen LogP contribution in [0.2, 0.25) is 0 Å². The number of rotatable bonds is 7. The molecule has 0 bridgehead atoms. The molecule has 3 aromatic rings. The number of nitrogens with one attached hydrogen (secondary N) is 1. The molecule has 3 rings (SSSR count). The highest BCUT2D eigenvalue weighted by Gasteiger charge is 2.10. The normalized spacial score (nSPS) is 10.9. The summed E-state index contributed by atoms with van der Waals surface area (Å²) in [5, 5.41) is 5.20. The monoisotopic (exact) mass is 374 g/mol. The molecule has 0 spiro atoms. The maximum absolute atomic E-state index is 12.2. The lowest BCUT2D eigenvalue weighted by molar-refractivity contribution is -0.0498. The first-order chi connectivity index (χ1) is 13.0. The van der Waals surface area contributed by atoms with Gasteiger partial charge in [0.1, 0.15) is 11.6 Å². The molecule has 7 heteroatoms. The molecule has 0 saturated heterocycles. The molecule has 0 fully saturated rings. The molecule has 1 N–H and O–H groups in total. The topological polar surface area (TPSA) is 52.6 Å². The van der Waals surface area contributed by atoms with E-state index in [0.717, 1.165) is 22.0 Å². The number of methoxy groups -OCH3 is 2.